The molecule has 3 rings (SSSR count). The number of ether oxygens (including phenoxy) is 1. The molecule has 0 saturated heterocycles. The van der Waals surface area contributed by atoms with Gasteiger partial charge in [0.2, 0.25) is 5.91 Å². The van der Waals surface area contributed by atoms with Gasteiger partial charge in [0, 0.05) is 17.8 Å². The Bertz CT molecular complexity index is 1020. The molecule has 8 heteroatoms. The molecule has 6 nitrogen and oxygen atoms in total. The predicted molar refractivity (Wildman–Crippen MR) is 121 cm³/mol. The molecule has 2 aromatic carbocycles. The van der Waals surface area contributed by atoms with Crippen LogP contribution in [-0.2, 0) is 18.3 Å². The highest BCUT2D eigenvalue weighted by Gasteiger charge is 2.18. The number of rotatable bonds is 8. The van der Waals surface area contributed by atoms with Crippen LogP contribution in [0.2, 0.25) is 5.02 Å². The fraction of sp³-hybridized carbons (Fsp3) is 0.318. The van der Waals surface area contributed by atoms with Crippen LogP contribution >= 0.6 is 23.4 Å². The second-order valence-corrected chi connectivity index (χ2v) is 8.31. The molecule has 0 saturated carbocycles. The molecule has 0 aliphatic rings. The van der Waals surface area contributed by atoms with Crippen LogP contribution < -0.4 is 10.1 Å². The van der Waals surface area contributed by atoms with Crippen LogP contribution in [0.25, 0.3) is 0 Å². The number of aryl methyl sites for hydroxylation is 2. The zero-order chi connectivity index (χ0) is 21.7. The Labute approximate surface area is 186 Å². The quantitative estimate of drug-likeness (QED) is 0.483. The maximum atomic E-state index is 12.3. The van der Waals surface area contributed by atoms with E-state index in [0.717, 1.165) is 17.7 Å². The molecule has 0 bridgehead atoms. The van der Waals surface area contributed by atoms with E-state index in [0.29, 0.717) is 21.7 Å². The Kier molecular flexibility index (Phi) is 7.39. The average Bonchev–Trinajstić information content (AvgIpc) is 3.10. The summed E-state index contributed by atoms with van der Waals surface area (Å²) in [5.74, 6) is 1.56. The first-order valence-electron chi connectivity index (χ1n) is 9.71. The molecule has 0 aliphatic heterocycles. The van der Waals surface area contributed by atoms with Crippen molar-refractivity contribution in [1.82, 2.24) is 14.8 Å². The van der Waals surface area contributed by atoms with Gasteiger partial charge in [-0.15, -0.1) is 10.2 Å². The monoisotopic (exact) mass is 444 g/mol. The SMILES string of the molecule is CCc1ccc(OC(C)c2nnc(SCC(=O)Nc3ccc(C)c(Cl)c3)n2C)cc1. The number of aromatic nitrogens is 3. The lowest BCUT2D eigenvalue weighted by molar-refractivity contribution is -0.113. The number of nitrogens with zero attached hydrogens (tertiary/aromatic N) is 3. The number of anilines is 1. The van der Waals surface area contributed by atoms with E-state index in [1.165, 1.54) is 17.3 Å². The second-order valence-electron chi connectivity index (χ2n) is 6.96. The van der Waals surface area contributed by atoms with Crippen LogP contribution in [0.4, 0.5) is 5.69 Å². The van der Waals surface area contributed by atoms with E-state index in [-0.39, 0.29) is 17.8 Å². The molecule has 158 valence electrons. The summed E-state index contributed by atoms with van der Waals surface area (Å²) in [4.78, 5) is 12.3. The summed E-state index contributed by atoms with van der Waals surface area (Å²) in [6.07, 6.45) is 0.720. The van der Waals surface area contributed by atoms with E-state index in [1.54, 1.807) is 6.07 Å². The molecule has 1 N–H and O–H groups in total. The molecule has 0 fully saturated rings. The zero-order valence-corrected chi connectivity index (χ0v) is 19.0. The summed E-state index contributed by atoms with van der Waals surface area (Å²) >= 11 is 7.43. The Balaban J connectivity index is 1.57. The third-order valence-corrected chi connectivity index (χ3v) is 6.09. The third kappa shape index (κ3) is 5.55. The van der Waals surface area contributed by atoms with Crippen molar-refractivity contribution in [1.29, 1.82) is 0 Å². The van der Waals surface area contributed by atoms with Crippen molar-refractivity contribution < 1.29 is 9.53 Å². The molecule has 30 heavy (non-hydrogen) atoms. The molecule has 1 unspecified atom stereocenters. The minimum atomic E-state index is -0.271. The summed E-state index contributed by atoms with van der Waals surface area (Å²) in [5.41, 5.74) is 2.90. The fourth-order valence-corrected chi connectivity index (χ4v) is 3.76. The Morgan fingerprint density at radius 2 is 1.97 bits per heavy atom. The number of amides is 1. The number of hydrogen-bond acceptors (Lipinski definition) is 5. The highest BCUT2D eigenvalue weighted by molar-refractivity contribution is 7.99. The molecule has 0 aliphatic carbocycles. The van der Waals surface area contributed by atoms with E-state index in [1.807, 2.05) is 49.7 Å². The van der Waals surface area contributed by atoms with Crippen molar-refractivity contribution >= 4 is 35.0 Å². The van der Waals surface area contributed by atoms with Crippen molar-refractivity contribution in [2.24, 2.45) is 7.05 Å². The van der Waals surface area contributed by atoms with Crippen molar-refractivity contribution in [3.63, 3.8) is 0 Å². The van der Waals surface area contributed by atoms with Crippen LogP contribution in [0.15, 0.2) is 47.6 Å². The van der Waals surface area contributed by atoms with Crippen LogP contribution in [0, 0.1) is 6.92 Å². The van der Waals surface area contributed by atoms with Gasteiger partial charge in [0.25, 0.3) is 0 Å². The van der Waals surface area contributed by atoms with Gasteiger partial charge in [-0.25, -0.2) is 0 Å². The molecule has 1 amide bonds. The van der Waals surface area contributed by atoms with Gasteiger partial charge >= 0.3 is 0 Å². The lowest BCUT2D eigenvalue weighted by atomic mass is 10.2. The smallest absolute Gasteiger partial charge is 0.234 e. The Morgan fingerprint density at radius 1 is 1.23 bits per heavy atom. The van der Waals surface area contributed by atoms with Gasteiger partial charge in [-0.05, 0) is 55.7 Å². The Morgan fingerprint density at radius 3 is 2.63 bits per heavy atom. The average molecular weight is 445 g/mol. The maximum Gasteiger partial charge on any atom is 0.234 e. The molecule has 0 spiro atoms. The minimum absolute atomic E-state index is 0.134. The summed E-state index contributed by atoms with van der Waals surface area (Å²) in [6, 6.07) is 13.5. The minimum Gasteiger partial charge on any atom is -0.483 e. The highest BCUT2D eigenvalue weighted by Crippen LogP contribution is 2.25. The van der Waals surface area contributed by atoms with Crippen LogP contribution in [0.3, 0.4) is 0 Å². The standard InChI is InChI=1S/C22H25ClN4O2S/c1-5-16-7-10-18(11-8-16)29-15(3)21-25-26-22(27(21)4)30-13-20(28)24-17-9-6-14(2)19(23)12-17/h6-12,15H,5,13H2,1-4H3,(H,24,28). The molecule has 3 aromatic rings. The number of halogens is 1. The van der Waals surface area contributed by atoms with Crippen molar-refractivity contribution in [3.8, 4) is 5.75 Å². The van der Waals surface area contributed by atoms with E-state index in [2.05, 4.69) is 34.6 Å². The van der Waals surface area contributed by atoms with Gasteiger partial charge in [0.15, 0.2) is 17.1 Å². The third-order valence-electron chi connectivity index (χ3n) is 4.66. The van der Waals surface area contributed by atoms with Crippen LogP contribution in [0.1, 0.15) is 36.9 Å². The number of carbonyl (C=O) groups is 1. The topological polar surface area (TPSA) is 69.0 Å². The maximum absolute atomic E-state index is 12.3. The lowest BCUT2D eigenvalue weighted by Crippen LogP contribution is -2.15. The number of carbonyl (C=O) groups excluding carboxylic acids is 1. The van der Waals surface area contributed by atoms with Crippen molar-refractivity contribution in [2.45, 2.75) is 38.5 Å². The predicted octanol–water partition coefficient (Wildman–Crippen LogP) is 5.21. The molecular weight excluding hydrogens is 420 g/mol. The van der Waals surface area contributed by atoms with E-state index < -0.39 is 0 Å². The second kappa shape index (κ2) is 10.00. The first kappa shape index (κ1) is 22.2. The molecular formula is C22H25ClN4O2S. The summed E-state index contributed by atoms with van der Waals surface area (Å²) in [5, 5.41) is 12.6. The fourth-order valence-electron chi connectivity index (χ4n) is 2.86. The van der Waals surface area contributed by atoms with Gasteiger partial charge < -0.3 is 14.6 Å². The largest absolute Gasteiger partial charge is 0.483 e. The Hall–Kier alpha value is -2.51. The zero-order valence-electron chi connectivity index (χ0n) is 17.5. The number of thioether (sulfide) groups is 1. The molecule has 1 aromatic heterocycles. The molecule has 1 atom stereocenters. The normalized spacial score (nSPS) is 11.9. The van der Waals surface area contributed by atoms with E-state index in [9.17, 15) is 4.79 Å². The van der Waals surface area contributed by atoms with Gasteiger partial charge in [-0.2, -0.15) is 0 Å². The van der Waals surface area contributed by atoms with Gasteiger partial charge in [-0.3, -0.25) is 4.79 Å². The van der Waals surface area contributed by atoms with Gasteiger partial charge in [0.05, 0.1) is 5.75 Å². The first-order valence-corrected chi connectivity index (χ1v) is 11.1. The summed E-state index contributed by atoms with van der Waals surface area (Å²) in [7, 11) is 1.87. The molecule has 0 radical (unpaired) electrons. The molecule has 1 heterocycles. The number of nitrogens with one attached hydrogen (secondary N) is 1. The van der Waals surface area contributed by atoms with Crippen molar-refractivity contribution in [3.05, 3.63) is 64.4 Å². The first-order chi connectivity index (χ1) is 14.4. The van der Waals surface area contributed by atoms with E-state index in [4.69, 9.17) is 16.3 Å². The number of hydrogen-bond donors (Lipinski definition) is 1. The van der Waals surface area contributed by atoms with Crippen LogP contribution in [-0.4, -0.2) is 26.4 Å². The van der Waals surface area contributed by atoms with Gasteiger partial charge in [-0.1, -0.05) is 48.5 Å². The van der Waals surface area contributed by atoms with Crippen molar-refractivity contribution in [2.75, 3.05) is 11.1 Å². The highest BCUT2D eigenvalue weighted by atomic mass is 35.5. The van der Waals surface area contributed by atoms with E-state index >= 15 is 0 Å². The summed E-state index contributed by atoms with van der Waals surface area (Å²) < 4.78 is 7.85. The number of benzene rings is 2. The summed E-state index contributed by atoms with van der Waals surface area (Å²) in [6.45, 7) is 5.97. The van der Waals surface area contributed by atoms with Gasteiger partial charge in [0.1, 0.15) is 5.75 Å². The van der Waals surface area contributed by atoms with Crippen LogP contribution in [0.5, 0.6) is 5.75 Å². The lowest BCUT2D eigenvalue weighted by Gasteiger charge is -2.14.